The standard InChI is InChI=1S/C19H34N2O2/c1-17(2,21)11-15(20)16(22)23-18(3,4)19-8-12-5-13(9-19)7-14(6-12)10-19/h12-15H,5-11,20-21H2,1-4H3. The summed E-state index contributed by atoms with van der Waals surface area (Å²) >= 11 is 0. The predicted molar refractivity (Wildman–Crippen MR) is 91.6 cm³/mol. The molecule has 1 atom stereocenters. The Morgan fingerprint density at radius 1 is 1.09 bits per heavy atom. The van der Waals surface area contributed by atoms with Crippen LogP contribution >= 0.6 is 0 Å². The lowest BCUT2D eigenvalue weighted by Crippen LogP contribution is -2.58. The number of hydrogen-bond acceptors (Lipinski definition) is 4. The highest BCUT2D eigenvalue weighted by atomic mass is 16.6. The molecule has 4 N–H and O–H groups in total. The van der Waals surface area contributed by atoms with E-state index in [1.807, 2.05) is 13.8 Å². The SMILES string of the molecule is CC(C)(N)CC(N)C(=O)OC(C)(C)C12CC3CC(CC(C3)C1)C2. The number of nitrogens with two attached hydrogens (primary N) is 2. The van der Waals surface area contributed by atoms with Gasteiger partial charge in [-0.2, -0.15) is 0 Å². The first kappa shape index (κ1) is 17.2. The van der Waals surface area contributed by atoms with E-state index < -0.39 is 17.2 Å². The first-order valence-electron chi connectivity index (χ1n) is 9.27. The van der Waals surface area contributed by atoms with Crippen LogP contribution in [0.2, 0.25) is 0 Å². The quantitative estimate of drug-likeness (QED) is 0.763. The van der Waals surface area contributed by atoms with E-state index in [0.717, 1.165) is 17.8 Å². The first-order valence-corrected chi connectivity index (χ1v) is 9.27. The molecular weight excluding hydrogens is 288 g/mol. The molecule has 4 fully saturated rings. The average molecular weight is 322 g/mol. The van der Waals surface area contributed by atoms with E-state index in [1.54, 1.807) is 0 Å². The van der Waals surface area contributed by atoms with Gasteiger partial charge in [-0.3, -0.25) is 4.79 Å². The molecule has 4 aliphatic carbocycles. The maximum absolute atomic E-state index is 12.5. The van der Waals surface area contributed by atoms with Crippen LogP contribution in [0.25, 0.3) is 0 Å². The molecule has 0 saturated heterocycles. The molecule has 4 nitrogen and oxygen atoms in total. The van der Waals surface area contributed by atoms with Crippen LogP contribution in [0.5, 0.6) is 0 Å². The van der Waals surface area contributed by atoms with Gasteiger partial charge in [0.1, 0.15) is 11.6 Å². The number of ether oxygens (including phenoxy) is 1. The van der Waals surface area contributed by atoms with E-state index in [-0.39, 0.29) is 11.4 Å². The van der Waals surface area contributed by atoms with Crippen LogP contribution in [0.3, 0.4) is 0 Å². The highest BCUT2D eigenvalue weighted by molar-refractivity contribution is 5.76. The summed E-state index contributed by atoms with van der Waals surface area (Å²) in [5.41, 5.74) is 11.3. The lowest BCUT2D eigenvalue weighted by molar-refractivity contribution is -0.200. The summed E-state index contributed by atoms with van der Waals surface area (Å²) in [7, 11) is 0. The minimum Gasteiger partial charge on any atom is -0.458 e. The maximum Gasteiger partial charge on any atom is 0.323 e. The minimum absolute atomic E-state index is 0.162. The Morgan fingerprint density at radius 3 is 1.91 bits per heavy atom. The first-order chi connectivity index (χ1) is 10.5. The van der Waals surface area contributed by atoms with E-state index in [4.69, 9.17) is 16.2 Å². The van der Waals surface area contributed by atoms with Crippen molar-refractivity contribution < 1.29 is 9.53 Å². The molecule has 0 aliphatic heterocycles. The molecule has 0 aromatic heterocycles. The Hall–Kier alpha value is -0.610. The zero-order chi connectivity index (χ0) is 17.0. The van der Waals surface area contributed by atoms with Gasteiger partial charge in [0.2, 0.25) is 0 Å². The smallest absolute Gasteiger partial charge is 0.323 e. The van der Waals surface area contributed by atoms with Crippen LogP contribution in [0.4, 0.5) is 0 Å². The molecule has 4 aliphatic rings. The largest absolute Gasteiger partial charge is 0.458 e. The van der Waals surface area contributed by atoms with Crippen LogP contribution in [-0.2, 0) is 9.53 Å². The highest BCUT2D eigenvalue weighted by Crippen LogP contribution is 2.64. The van der Waals surface area contributed by atoms with Crippen molar-refractivity contribution in [2.24, 2.45) is 34.6 Å². The average Bonchev–Trinajstić information content (AvgIpc) is 2.34. The fraction of sp³-hybridized carbons (Fsp3) is 0.947. The summed E-state index contributed by atoms with van der Waals surface area (Å²) in [6, 6.07) is -0.636. The van der Waals surface area contributed by atoms with Crippen LogP contribution in [0.15, 0.2) is 0 Å². The zero-order valence-corrected chi connectivity index (χ0v) is 15.2. The van der Waals surface area contributed by atoms with Crippen LogP contribution in [0.1, 0.15) is 72.6 Å². The third kappa shape index (κ3) is 3.30. The molecule has 4 bridgehead atoms. The monoisotopic (exact) mass is 322 g/mol. The number of hydrogen-bond donors (Lipinski definition) is 2. The van der Waals surface area contributed by atoms with Crippen molar-refractivity contribution in [2.45, 2.75) is 89.8 Å². The summed E-state index contributed by atoms with van der Waals surface area (Å²) in [6.07, 6.45) is 8.28. The van der Waals surface area contributed by atoms with Crippen molar-refractivity contribution >= 4 is 5.97 Å². The number of carbonyl (C=O) groups excluding carboxylic acids is 1. The van der Waals surface area contributed by atoms with Crippen LogP contribution < -0.4 is 11.5 Å². The molecule has 4 rings (SSSR count). The lowest BCUT2D eigenvalue weighted by Gasteiger charge is -2.61. The fourth-order valence-corrected chi connectivity index (χ4v) is 5.93. The predicted octanol–water partition coefficient (Wildman–Crippen LogP) is 2.98. The van der Waals surface area contributed by atoms with Gasteiger partial charge in [-0.1, -0.05) is 0 Å². The molecule has 0 spiro atoms. The molecule has 0 aromatic rings. The normalized spacial score (nSPS) is 37.7. The van der Waals surface area contributed by atoms with Crippen LogP contribution in [0, 0.1) is 23.2 Å². The summed E-state index contributed by atoms with van der Waals surface area (Å²) in [4.78, 5) is 12.5. The van der Waals surface area contributed by atoms with Gasteiger partial charge in [-0.15, -0.1) is 0 Å². The van der Waals surface area contributed by atoms with E-state index in [2.05, 4.69) is 13.8 Å². The van der Waals surface area contributed by atoms with Gasteiger partial charge in [0.25, 0.3) is 0 Å². The minimum atomic E-state index is -0.636. The molecule has 4 heteroatoms. The van der Waals surface area contributed by atoms with Gasteiger partial charge in [0, 0.05) is 11.0 Å². The molecule has 4 saturated carbocycles. The topological polar surface area (TPSA) is 78.3 Å². The van der Waals surface area contributed by atoms with E-state index in [9.17, 15) is 4.79 Å². The van der Waals surface area contributed by atoms with Crippen molar-refractivity contribution in [3.63, 3.8) is 0 Å². The Bertz CT molecular complexity index is 443. The number of esters is 1. The van der Waals surface area contributed by atoms with Gasteiger partial charge in [0.05, 0.1) is 0 Å². The number of rotatable bonds is 5. The number of carbonyl (C=O) groups is 1. The molecule has 0 amide bonds. The summed E-state index contributed by atoms with van der Waals surface area (Å²) < 4.78 is 6.01. The zero-order valence-electron chi connectivity index (χ0n) is 15.2. The van der Waals surface area contributed by atoms with Gasteiger partial charge in [-0.05, 0) is 90.4 Å². The highest BCUT2D eigenvalue weighted by Gasteiger charge is 2.58. The summed E-state index contributed by atoms with van der Waals surface area (Å²) in [6.45, 7) is 8.01. The third-order valence-electron chi connectivity index (χ3n) is 6.72. The summed E-state index contributed by atoms with van der Waals surface area (Å²) in [5, 5.41) is 0. The van der Waals surface area contributed by atoms with E-state index in [0.29, 0.717) is 6.42 Å². The van der Waals surface area contributed by atoms with Crippen molar-refractivity contribution in [3.05, 3.63) is 0 Å². The van der Waals surface area contributed by atoms with Gasteiger partial charge in [0.15, 0.2) is 0 Å². The third-order valence-corrected chi connectivity index (χ3v) is 6.72. The second kappa shape index (κ2) is 5.45. The molecular formula is C19H34N2O2. The molecule has 0 radical (unpaired) electrons. The Labute approximate surface area is 140 Å². The Morgan fingerprint density at radius 2 is 1.52 bits per heavy atom. The van der Waals surface area contributed by atoms with E-state index >= 15 is 0 Å². The van der Waals surface area contributed by atoms with Crippen molar-refractivity contribution in [1.29, 1.82) is 0 Å². The van der Waals surface area contributed by atoms with Crippen LogP contribution in [-0.4, -0.2) is 23.2 Å². The second-order valence-corrected chi connectivity index (χ2v) is 9.93. The Kier molecular flexibility index (Phi) is 4.08. The molecule has 0 aromatic carbocycles. The Balaban J connectivity index is 1.70. The molecule has 23 heavy (non-hydrogen) atoms. The van der Waals surface area contributed by atoms with Gasteiger partial charge >= 0.3 is 5.97 Å². The molecule has 0 heterocycles. The van der Waals surface area contributed by atoms with E-state index in [1.165, 1.54) is 38.5 Å². The molecule has 132 valence electrons. The van der Waals surface area contributed by atoms with Crippen molar-refractivity contribution in [3.8, 4) is 0 Å². The van der Waals surface area contributed by atoms with Crippen molar-refractivity contribution in [1.82, 2.24) is 0 Å². The van der Waals surface area contributed by atoms with Gasteiger partial charge < -0.3 is 16.2 Å². The fourth-order valence-electron chi connectivity index (χ4n) is 5.93. The second-order valence-electron chi connectivity index (χ2n) is 9.93. The lowest BCUT2D eigenvalue weighted by atomic mass is 9.46. The molecule has 1 unspecified atom stereocenters. The summed E-state index contributed by atoms with van der Waals surface area (Å²) in [5.74, 6) is 2.24. The maximum atomic E-state index is 12.5. The van der Waals surface area contributed by atoms with Crippen molar-refractivity contribution in [2.75, 3.05) is 0 Å². The van der Waals surface area contributed by atoms with Gasteiger partial charge in [-0.25, -0.2) is 0 Å².